The van der Waals surface area contributed by atoms with Crippen molar-refractivity contribution in [3.63, 3.8) is 0 Å². The molecule has 0 bridgehead atoms. The number of thioether (sulfide) groups is 1. The lowest BCUT2D eigenvalue weighted by molar-refractivity contribution is -0.115. The van der Waals surface area contributed by atoms with Crippen LogP contribution < -0.4 is 10.6 Å². The molecule has 2 N–H and O–H groups in total. The summed E-state index contributed by atoms with van der Waals surface area (Å²) in [6.45, 7) is 3.82. The van der Waals surface area contributed by atoms with Gasteiger partial charge in [-0.25, -0.2) is 0 Å². The maximum Gasteiger partial charge on any atom is 0.226 e. The highest BCUT2D eigenvalue weighted by Crippen LogP contribution is 2.28. The molecule has 0 spiro atoms. The minimum Gasteiger partial charge on any atom is -0.360 e. The van der Waals surface area contributed by atoms with Crippen molar-refractivity contribution in [1.82, 2.24) is 15.4 Å². The highest BCUT2D eigenvalue weighted by molar-refractivity contribution is 8.01. The number of hydrogen-bond acceptors (Lipinski definition) is 8. The molecule has 9 heteroatoms. The SMILES string of the molecule is Cc1ccc(Nc2nnc(SCCC(=O)Nc3cc(C)on3)s2)cc1. The normalized spacial score (nSPS) is 10.6. The van der Waals surface area contributed by atoms with E-state index in [1.165, 1.54) is 28.7 Å². The highest BCUT2D eigenvalue weighted by Gasteiger charge is 2.09. The van der Waals surface area contributed by atoms with E-state index in [1.807, 2.05) is 31.2 Å². The van der Waals surface area contributed by atoms with E-state index in [0.29, 0.717) is 23.8 Å². The lowest BCUT2D eigenvalue weighted by Crippen LogP contribution is -2.12. The fourth-order valence-corrected chi connectivity index (χ4v) is 3.72. The van der Waals surface area contributed by atoms with Crippen LogP contribution in [0.1, 0.15) is 17.7 Å². The molecular formula is C16H17N5O2S2. The quantitative estimate of drug-likeness (QED) is 0.603. The van der Waals surface area contributed by atoms with Gasteiger partial charge in [0.1, 0.15) is 5.76 Å². The van der Waals surface area contributed by atoms with Gasteiger partial charge in [0.2, 0.25) is 11.0 Å². The zero-order chi connectivity index (χ0) is 17.6. The Bertz CT molecular complexity index is 844. The molecule has 0 aliphatic rings. The second-order valence-electron chi connectivity index (χ2n) is 5.33. The van der Waals surface area contributed by atoms with Gasteiger partial charge in [0.15, 0.2) is 10.2 Å². The van der Waals surface area contributed by atoms with E-state index < -0.39 is 0 Å². The number of rotatable bonds is 7. The van der Waals surface area contributed by atoms with Crippen LogP contribution in [0.3, 0.4) is 0 Å². The first-order valence-corrected chi connectivity index (χ1v) is 9.42. The Morgan fingerprint density at radius 1 is 1.24 bits per heavy atom. The third-order valence-corrected chi connectivity index (χ3v) is 5.13. The lowest BCUT2D eigenvalue weighted by Gasteiger charge is -2.01. The number of carbonyl (C=O) groups excluding carboxylic acids is 1. The number of aromatic nitrogens is 3. The van der Waals surface area contributed by atoms with Gasteiger partial charge in [-0.1, -0.05) is 46.0 Å². The average Bonchev–Trinajstić information content (AvgIpc) is 3.19. The van der Waals surface area contributed by atoms with Crippen molar-refractivity contribution in [3.05, 3.63) is 41.7 Å². The number of carbonyl (C=O) groups is 1. The molecule has 1 aromatic carbocycles. The van der Waals surface area contributed by atoms with E-state index in [4.69, 9.17) is 4.52 Å². The molecular weight excluding hydrogens is 358 g/mol. The summed E-state index contributed by atoms with van der Waals surface area (Å²) in [6.07, 6.45) is 0.358. The fourth-order valence-electron chi connectivity index (χ4n) is 1.94. The first kappa shape index (κ1) is 17.4. The van der Waals surface area contributed by atoms with Crippen molar-refractivity contribution in [3.8, 4) is 0 Å². The van der Waals surface area contributed by atoms with Crippen LogP contribution in [0, 0.1) is 13.8 Å². The highest BCUT2D eigenvalue weighted by atomic mass is 32.2. The van der Waals surface area contributed by atoms with E-state index >= 15 is 0 Å². The van der Waals surface area contributed by atoms with E-state index in [9.17, 15) is 4.79 Å². The van der Waals surface area contributed by atoms with E-state index in [2.05, 4.69) is 26.0 Å². The molecule has 1 amide bonds. The summed E-state index contributed by atoms with van der Waals surface area (Å²) < 4.78 is 5.72. The van der Waals surface area contributed by atoms with Crippen molar-refractivity contribution in [2.75, 3.05) is 16.4 Å². The van der Waals surface area contributed by atoms with E-state index in [0.717, 1.165) is 15.2 Å². The Balaban J connectivity index is 1.43. The molecule has 2 aromatic heterocycles. The predicted octanol–water partition coefficient (Wildman–Crippen LogP) is 4.01. The Hall–Kier alpha value is -2.39. The van der Waals surface area contributed by atoms with Gasteiger partial charge in [-0.05, 0) is 26.0 Å². The first-order chi connectivity index (χ1) is 12.1. The molecule has 0 saturated heterocycles. The Morgan fingerprint density at radius 2 is 2.04 bits per heavy atom. The van der Waals surface area contributed by atoms with Crippen LogP contribution in [0.5, 0.6) is 0 Å². The number of aryl methyl sites for hydroxylation is 2. The fraction of sp³-hybridized carbons (Fsp3) is 0.250. The minimum atomic E-state index is -0.108. The second kappa shape index (κ2) is 8.13. The number of hydrogen-bond donors (Lipinski definition) is 2. The number of amides is 1. The molecule has 2 heterocycles. The molecule has 3 aromatic rings. The van der Waals surface area contributed by atoms with Gasteiger partial charge < -0.3 is 15.2 Å². The van der Waals surface area contributed by atoms with Crippen molar-refractivity contribution in [2.24, 2.45) is 0 Å². The Kier molecular flexibility index (Phi) is 5.67. The molecule has 0 saturated carbocycles. The van der Waals surface area contributed by atoms with Crippen LogP contribution >= 0.6 is 23.1 Å². The predicted molar refractivity (Wildman–Crippen MR) is 99.6 cm³/mol. The van der Waals surface area contributed by atoms with E-state index in [1.54, 1.807) is 13.0 Å². The summed E-state index contributed by atoms with van der Waals surface area (Å²) in [5.74, 6) is 1.60. The third kappa shape index (κ3) is 5.30. The van der Waals surface area contributed by atoms with Gasteiger partial charge >= 0.3 is 0 Å². The zero-order valence-electron chi connectivity index (χ0n) is 13.8. The molecule has 0 aliphatic carbocycles. The molecule has 0 unspecified atom stereocenters. The monoisotopic (exact) mass is 375 g/mol. The van der Waals surface area contributed by atoms with Gasteiger partial charge in [0.05, 0.1) is 0 Å². The van der Waals surface area contributed by atoms with Crippen molar-refractivity contribution < 1.29 is 9.32 Å². The van der Waals surface area contributed by atoms with Crippen LogP contribution in [-0.4, -0.2) is 27.0 Å². The summed E-state index contributed by atoms with van der Waals surface area (Å²) in [5.41, 5.74) is 2.18. The Labute approximate surface area is 153 Å². The summed E-state index contributed by atoms with van der Waals surface area (Å²) in [7, 11) is 0. The standard InChI is InChI=1S/C16H17N5O2S2/c1-10-3-5-12(6-4-10)17-15-19-20-16(25-15)24-8-7-14(22)18-13-9-11(2)23-21-13/h3-6,9H,7-8H2,1-2H3,(H,17,19)(H,18,21,22). The van der Waals surface area contributed by atoms with Gasteiger partial charge in [-0.3, -0.25) is 4.79 Å². The topological polar surface area (TPSA) is 92.9 Å². The van der Waals surface area contributed by atoms with Crippen LogP contribution in [0.25, 0.3) is 0 Å². The summed E-state index contributed by atoms with van der Waals surface area (Å²) in [4.78, 5) is 11.8. The summed E-state index contributed by atoms with van der Waals surface area (Å²) >= 11 is 2.96. The largest absolute Gasteiger partial charge is 0.360 e. The van der Waals surface area contributed by atoms with Crippen molar-refractivity contribution in [2.45, 2.75) is 24.6 Å². The van der Waals surface area contributed by atoms with Gasteiger partial charge in [0, 0.05) is 23.9 Å². The summed E-state index contributed by atoms with van der Waals surface area (Å²) in [6, 6.07) is 9.75. The molecule has 130 valence electrons. The van der Waals surface area contributed by atoms with Gasteiger partial charge in [-0.15, -0.1) is 10.2 Å². The third-order valence-electron chi connectivity index (χ3n) is 3.16. The minimum absolute atomic E-state index is 0.108. The van der Waals surface area contributed by atoms with E-state index in [-0.39, 0.29) is 5.91 Å². The molecule has 0 aliphatic heterocycles. The number of anilines is 3. The van der Waals surface area contributed by atoms with Crippen LogP contribution in [-0.2, 0) is 4.79 Å². The Morgan fingerprint density at radius 3 is 2.76 bits per heavy atom. The summed E-state index contributed by atoms with van der Waals surface area (Å²) in [5, 5.41) is 18.6. The number of benzene rings is 1. The molecule has 3 rings (SSSR count). The molecule has 0 radical (unpaired) electrons. The number of nitrogens with one attached hydrogen (secondary N) is 2. The van der Waals surface area contributed by atoms with Crippen LogP contribution in [0.2, 0.25) is 0 Å². The van der Waals surface area contributed by atoms with Gasteiger partial charge in [0.25, 0.3) is 0 Å². The molecule has 0 fully saturated rings. The first-order valence-electron chi connectivity index (χ1n) is 7.61. The van der Waals surface area contributed by atoms with Gasteiger partial charge in [-0.2, -0.15) is 0 Å². The molecule has 25 heavy (non-hydrogen) atoms. The maximum absolute atomic E-state index is 11.8. The average molecular weight is 375 g/mol. The van der Waals surface area contributed by atoms with Crippen molar-refractivity contribution >= 4 is 45.6 Å². The number of nitrogens with zero attached hydrogens (tertiary/aromatic N) is 3. The second-order valence-corrected chi connectivity index (χ2v) is 7.65. The van der Waals surface area contributed by atoms with Crippen molar-refractivity contribution in [1.29, 1.82) is 0 Å². The maximum atomic E-state index is 11.8. The van der Waals surface area contributed by atoms with Crippen LogP contribution in [0.4, 0.5) is 16.6 Å². The van der Waals surface area contributed by atoms with Crippen LogP contribution in [0.15, 0.2) is 39.2 Å². The molecule has 7 nitrogen and oxygen atoms in total. The zero-order valence-corrected chi connectivity index (χ0v) is 15.4. The smallest absolute Gasteiger partial charge is 0.226 e. The molecule has 0 atom stereocenters. The lowest BCUT2D eigenvalue weighted by atomic mass is 10.2.